The lowest BCUT2D eigenvalue weighted by Gasteiger charge is -2.12. The molecule has 8 heteroatoms. The summed E-state index contributed by atoms with van der Waals surface area (Å²) in [7, 11) is -2.43. The average molecular weight is 388 g/mol. The minimum Gasteiger partial charge on any atom is -0.465 e. The molecule has 2 rings (SSSR count). The fourth-order valence-electron chi connectivity index (χ4n) is 2.03. The molecule has 0 fully saturated rings. The molecule has 0 radical (unpaired) electrons. The van der Waals surface area contributed by atoms with Gasteiger partial charge in [-0.15, -0.1) is 0 Å². The van der Waals surface area contributed by atoms with E-state index in [-0.39, 0.29) is 16.3 Å². The van der Waals surface area contributed by atoms with Crippen molar-refractivity contribution in [1.82, 2.24) is 0 Å². The molecule has 0 bridgehead atoms. The number of hydrogen-bond acceptors (Lipinski definition) is 4. The second-order valence-corrected chi connectivity index (χ2v) is 7.67. The van der Waals surface area contributed by atoms with Gasteiger partial charge in [-0.2, -0.15) is 0 Å². The van der Waals surface area contributed by atoms with Gasteiger partial charge in [0.1, 0.15) is 0 Å². The number of carbonyl (C=O) groups is 1. The van der Waals surface area contributed by atoms with Crippen molar-refractivity contribution >= 4 is 44.9 Å². The summed E-state index contributed by atoms with van der Waals surface area (Å²) in [5.41, 5.74) is 1.76. The van der Waals surface area contributed by atoms with Crippen LogP contribution in [0.5, 0.6) is 0 Å². The fourth-order valence-corrected chi connectivity index (χ4v) is 3.60. The van der Waals surface area contributed by atoms with Gasteiger partial charge in [0.15, 0.2) is 0 Å². The number of esters is 1. The Labute approximate surface area is 150 Å². The van der Waals surface area contributed by atoms with E-state index in [0.717, 1.165) is 0 Å². The summed E-state index contributed by atoms with van der Waals surface area (Å²) in [6, 6.07) is 9.28. The Hall–Kier alpha value is -1.76. The van der Waals surface area contributed by atoms with Crippen LogP contribution in [0.4, 0.5) is 5.69 Å². The van der Waals surface area contributed by atoms with Gasteiger partial charge in [-0.3, -0.25) is 4.72 Å². The number of rotatable bonds is 5. The second kappa shape index (κ2) is 7.42. The smallest absolute Gasteiger partial charge is 0.337 e. The molecule has 0 heterocycles. The molecule has 0 aliphatic carbocycles. The maximum atomic E-state index is 12.4. The van der Waals surface area contributed by atoms with Crippen molar-refractivity contribution < 1.29 is 17.9 Å². The lowest BCUT2D eigenvalue weighted by atomic mass is 10.1. The van der Waals surface area contributed by atoms with Crippen molar-refractivity contribution in [3.05, 3.63) is 63.1 Å². The second-order valence-electron chi connectivity index (χ2n) is 5.13. The van der Waals surface area contributed by atoms with Gasteiger partial charge in [-0.05, 0) is 42.3 Å². The number of methoxy groups -OCH3 is 1. The van der Waals surface area contributed by atoms with Crippen LogP contribution in [0.2, 0.25) is 10.0 Å². The first kappa shape index (κ1) is 18.6. The molecule has 24 heavy (non-hydrogen) atoms. The van der Waals surface area contributed by atoms with E-state index < -0.39 is 16.0 Å². The Morgan fingerprint density at radius 1 is 1.12 bits per heavy atom. The molecule has 0 amide bonds. The Morgan fingerprint density at radius 2 is 1.83 bits per heavy atom. The first-order chi connectivity index (χ1) is 11.2. The summed E-state index contributed by atoms with van der Waals surface area (Å²) in [5.74, 6) is -0.814. The minimum atomic E-state index is -3.69. The summed E-state index contributed by atoms with van der Waals surface area (Å²) < 4.78 is 31.8. The van der Waals surface area contributed by atoms with Crippen LogP contribution in [0.3, 0.4) is 0 Å². The first-order valence-electron chi connectivity index (χ1n) is 6.85. The monoisotopic (exact) mass is 387 g/mol. The highest BCUT2D eigenvalue weighted by Gasteiger charge is 2.16. The predicted molar refractivity (Wildman–Crippen MR) is 95.2 cm³/mol. The predicted octanol–water partition coefficient (Wildman–Crippen LogP) is 4.03. The molecule has 2 aromatic carbocycles. The van der Waals surface area contributed by atoms with E-state index in [4.69, 9.17) is 23.2 Å². The summed E-state index contributed by atoms with van der Waals surface area (Å²) in [5, 5.41) is 0.639. The highest BCUT2D eigenvalue weighted by atomic mass is 35.5. The number of benzene rings is 2. The van der Waals surface area contributed by atoms with Crippen molar-refractivity contribution in [3.8, 4) is 0 Å². The van der Waals surface area contributed by atoms with Crippen LogP contribution >= 0.6 is 23.2 Å². The van der Waals surface area contributed by atoms with Gasteiger partial charge in [0.2, 0.25) is 10.0 Å². The number of hydrogen-bond donors (Lipinski definition) is 1. The number of ether oxygens (including phenoxy) is 1. The number of halogens is 2. The maximum Gasteiger partial charge on any atom is 0.337 e. The Morgan fingerprint density at radius 3 is 2.46 bits per heavy atom. The molecule has 1 N–H and O–H groups in total. The van der Waals surface area contributed by atoms with E-state index in [0.29, 0.717) is 21.8 Å². The zero-order valence-corrected chi connectivity index (χ0v) is 15.3. The van der Waals surface area contributed by atoms with Gasteiger partial charge in [0.25, 0.3) is 0 Å². The number of aryl methyl sites for hydroxylation is 1. The third kappa shape index (κ3) is 4.63. The first-order valence-corrected chi connectivity index (χ1v) is 9.26. The quantitative estimate of drug-likeness (QED) is 0.785. The molecule has 0 saturated carbocycles. The third-order valence-corrected chi connectivity index (χ3v) is 5.25. The van der Waals surface area contributed by atoms with Crippen LogP contribution in [0, 0.1) is 6.92 Å². The van der Waals surface area contributed by atoms with E-state index in [9.17, 15) is 13.2 Å². The molecule has 128 valence electrons. The van der Waals surface area contributed by atoms with Gasteiger partial charge < -0.3 is 4.74 Å². The van der Waals surface area contributed by atoms with Crippen molar-refractivity contribution in [2.45, 2.75) is 12.7 Å². The van der Waals surface area contributed by atoms with E-state index >= 15 is 0 Å². The van der Waals surface area contributed by atoms with Gasteiger partial charge in [-0.25, -0.2) is 13.2 Å². The molecular weight excluding hydrogens is 373 g/mol. The molecule has 0 unspecified atom stereocenters. The molecule has 0 aliphatic rings. The highest BCUT2D eigenvalue weighted by Crippen LogP contribution is 2.25. The minimum absolute atomic E-state index is 0.260. The fraction of sp³-hybridized carbons (Fsp3) is 0.188. The Balaban J connectivity index is 2.25. The van der Waals surface area contributed by atoms with Gasteiger partial charge in [-0.1, -0.05) is 35.3 Å². The van der Waals surface area contributed by atoms with Gasteiger partial charge in [0, 0.05) is 0 Å². The van der Waals surface area contributed by atoms with Crippen molar-refractivity contribution in [2.24, 2.45) is 0 Å². The number of sulfonamides is 1. The molecule has 2 aromatic rings. The Bertz CT molecular complexity index is 882. The van der Waals surface area contributed by atoms with Crippen LogP contribution in [0.1, 0.15) is 21.5 Å². The van der Waals surface area contributed by atoms with Crippen LogP contribution in [0.15, 0.2) is 36.4 Å². The standard InChI is InChI=1S/C16H15Cl2NO4S/c1-10-3-5-12(16(20)23-2)8-15(10)19-24(21,22)9-11-4-6-13(17)14(18)7-11/h3-8,19H,9H2,1-2H3. The van der Waals surface area contributed by atoms with Crippen molar-refractivity contribution in [3.63, 3.8) is 0 Å². The van der Waals surface area contributed by atoms with E-state index in [1.165, 1.54) is 25.3 Å². The molecule has 5 nitrogen and oxygen atoms in total. The summed E-state index contributed by atoms with van der Waals surface area (Å²) in [6.45, 7) is 1.73. The van der Waals surface area contributed by atoms with Crippen LogP contribution < -0.4 is 4.72 Å². The number of nitrogens with one attached hydrogen (secondary N) is 1. The topological polar surface area (TPSA) is 72.5 Å². The lowest BCUT2D eigenvalue weighted by molar-refractivity contribution is 0.0601. The number of anilines is 1. The van der Waals surface area contributed by atoms with Crippen LogP contribution in [0.25, 0.3) is 0 Å². The molecule has 0 spiro atoms. The molecular formula is C16H15Cl2NO4S. The normalized spacial score (nSPS) is 11.2. The largest absolute Gasteiger partial charge is 0.465 e. The summed E-state index contributed by atoms with van der Waals surface area (Å²) in [4.78, 5) is 11.6. The molecule has 0 saturated heterocycles. The van der Waals surface area contributed by atoms with Crippen molar-refractivity contribution in [1.29, 1.82) is 0 Å². The van der Waals surface area contributed by atoms with E-state index in [2.05, 4.69) is 9.46 Å². The summed E-state index contributed by atoms with van der Waals surface area (Å²) >= 11 is 11.7. The molecule has 0 atom stereocenters. The third-order valence-electron chi connectivity index (χ3n) is 3.26. The van der Waals surface area contributed by atoms with Gasteiger partial charge >= 0.3 is 5.97 Å². The summed E-state index contributed by atoms with van der Waals surface area (Å²) in [6.07, 6.45) is 0. The molecule has 0 aliphatic heterocycles. The van der Waals surface area contributed by atoms with Crippen LogP contribution in [-0.2, 0) is 20.5 Å². The van der Waals surface area contributed by atoms with E-state index in [1.807, 2.05) is 0 Å². The average Bonchev–Trinajstić information content (AvgIpc) is 2.51. The highest BCUT2D eigenvalue weighted by molar-refractivity contribution is 7.91. The zero-order chi connectivity index (χ0) is 17.9. The maximum absolute atomic E-state index is 12.4. The lowest BCUT2D eigenvalue weighted by Crippen LogP contribution is -2.16. The SMILES string of the molecule is COC(=O)c1ccc(C)c(NS(=O)(=O)Cc2ccc(Cl)c(Cl)c2)c1. The van der Waals surface area contributed by atoms with Gasteiger partial charge in [0.05, 0.1) is 34.2 Å². The number of carbonyl (C=O) groups excluding carboxylic acids is 1. The Kier molecular flexibility index (Phi) is 5.74. The van der Waals surface area contributed by atoms with Crippen molar-refractivity contribution in [2.75, 3.05) is 11.8 Å². The van der Waals surface area contributed by atoms with Crippen LogP contribution in [-0.4, -0.2) is 21.5 Å². The zero-order valence-electron chi connectivity index (χ0n) is 13.0. The van der Waals surface area contributed by atoms with E-state index in [1.54, 1.807) is 25.1 Å². The molecule has 0 aromatic heterocycles.